The lowest BCUT2D eigenvalue weighted by molar-refractivity contribution is 1.18. The summed E-state index contributed by atoms with van der Waals surface area (Å²) in [5, 5.41) is 4.99. The van der Waals surface area contributed by atoms with Crippen molar-refractivity contribution < 1.29 is 0 Å². The molecule has 0 radical (unpaired) electrons. The molecule has 0 amide bonds. The monoisotopic (exact) mass is 612 g/mol. The number of hydrogen-bond donors (Lipinski definition) is 0. The molecule has 0 fully saturated rings. The van der Waals surface area contributed by atoms with Gasteiger partial charge in [-0.1, -0.05) is 133 Å². The topological polar surface area (TPSA) is 8.17 Å². The maximum atomic E-state index is 2.39. The Morgan fingerprint density at radius 1 is 0.333 bits per heavy atom. The summed E-state index contributed by atoms with van der Waals surface area (Å²) >= 11 is 0. The third kappa shape index (κ3) is 4.83. The van der Waals surface area contributed by atoms with Crippen LogP contribution in [0.1, 0.15) is 0 Å². The van der Waals surface area contributed by atoms with Crippen molar-refractivity contribution in [3.05, 3.63) is 194 Å². The van der Waals surface area contributed by atoms with Crippen LogP contribution >= 0.6 is 0 Å². The Balaban J connectivity index is 1.24. The molecule has 2 heteroatoms. The van der Waals surface area contributed by atoms with Crippen LogP contribution in [-0.4, -0.2) is 4.57 Å². The summed E-state index contributed by atoms with van der Waals surface area (Å²) in [7, 11) is 0. The second-order valence-electron chi connectivity index (χ2n) is 12.2. The lowest BCUT2D eigenvalue weighted by Crippen LogP contribution is -2.09. The van der Waals surface area contributed by atoms with E-state index >= 15 is 0 Å². The van der Waals surface area contributed by atoms with E-state index in [0.29, 0.717) is 0 Å². The second-order valence-corrected chi connectivity index (χ2v) is 12.2. The predicted octanol–water partition coefficient (Wildman–Crippen LogP) is 12.7. The summed E-state index contributed by atoms with van der Waals surface area (Å²) in [4.78, 5) is 2.37. The van der Waals surface area contributed by atoms with E-state index in [0.717, 1.165) is 22.7 Å². The van der Waals surface area contributed by atoms with Gasteiger partial charge in [0.25, 0.3) is 0 Å². The number of aromatic nitrogens is 1. The van der Waals surface area contributed by atoms with Crippen LogP contribution in [0.25, 0.3) is 60.5 Å². The molecule has 0 aliphatic heterocycles. The molecular formula is C46H32N2. The smallest absolute Gasteiger partial charge is 0.0547 e. The molecule has 0 saturated heterocycles. The van der Waals surface area contributed by atoms with Crippen molar-refractivity contribution in [1.82, 2.24) is 4.57 Å². The van der Waals surface area contributed by atoms with Crippen LogP contribution in [-0.2, 0) is 0 Å². The summed E-state index contributed by atoms with van der Waals surface area (Å²) in [6, 6.07) is 69.8. The van der Waals surface area contributed by atoms with Crippen LogP contribution in [0.4, 0.5) is 17.1 Å². The molecule has 48 heavy (non-hydrogen) atoms. The molecule has 0 bridgehead atoms. The van der Waals surface area contributed by atoms with Gasteiger partial charge in [-0.05, 0) is 93.7 Å². The number of benzene rings is 8. The average molecular weight is 613 g/mol. The zero-order chi connectivity index (χ0) is 31.9. The second kappa shape index (κ2) is 11.8. The number of rotatable bonds is 6. The first-order valence-corrected chi connectivity index (χ1v) is 16.4. The highest BCUT2D eigenvalue weighted by Gasteiger charge is 2.18. The van der Waals surface area contributed by atoms with Crippen LogP contribution in [0.5, 0.6) is 0 Å². The Labute approximate surface area is 280 Å². The van der Waals surface area contributed by atoms with Crippen molar-refractivity contribution in [3.8, 4) is 27.9 Å². The maximum Gasteiger partial charge on any atom is 0.0547 e. The standard InChI is InChI=1S/C46H32N2/c1-4-12-33(13-5-1)35-20-26-39(27-21-35)47(40-28-22-36(23-29-40)34-14-6-2-7-15-34)41-30-24-37-25-31-45-46(43(37)32-41)42-18-10-11-19-44(42)48(45)38-16-8-3-9-17-38/h1-32H. The van der Waals surface area contributed by atoms with Gasteiger partial charge in [0.2, 0.25) is 0 Å². The number of anilines is 3. The van der Waals surface area contributed by atoms with Gasteiger partial charge in [-0.2, -0.15) is 0 Å². The zero-order valence-electron chi connectivity index (χ0n) is 26.4. The molecule has 1 aromatic heterocycles. The molecule has 9 aromatic rings. The third-order valence-electron chi connectivity index (χ3n) is 9.38. The molecule has 0 atom stereocenters. The Bertz CT molecular complexity index is 2430. The number of para-hydroxylation sites is 2. The highest BCUT2D eigenvalue weighted by Crippen LogP contribution is 2.42. The van der Waals surface area contributed by atoms with E-state index < -0.39 is 0 Å². The van der Waals surface area contributed by atoms with E-state index in [1.165, 1.54) is 54.8 Å². The third-order valence-corrected chi connectivity index (χ3v) is 9.38. The van der Waals surface area contributed by atoms with E-state index in [2.05, 4.69) is 204 Å². The largest absolute Gasteiger partial charge is 0.310 e. The molecule has 0 saturated carbocycles. The first-order chi connectivity index (χ1) is 23.8. The first-order valence-electron chi connectivity index (χ1n) is 16.4. The van der Waals surface area contributed by atoms with Crippen LogP contribution < -0.4 is 4.90 Å². The van der Waals surface area contributed by atoms with Crippen LogP contribution in [0.15, 0.2) is 194 Å². The predicted molar refractivity (Wildman–Crippen MR) is 204 cm³/mol. The summed E-state index contributed by atoms with van der Waals surface area (Å²) in [5.41, 5.74) is 11.8. The van der Waals surface area contributed by atoms with Gasteiger partial charge in [-0.15, -0.1) is 0 Å². The Morgan fingerprint density at radius 3 is 1.42 bits per heavy atom. The number of hydrogen-bond acceptors (Lipinski definition) is 1. The van der Waals surface area contributed by atoms with Crippen LogP contribution in [0.3, 0.4) is 0 Å². The first kappa shape index (κ1) is 27.9. The van der Waals surface area contributed by atoms with E-state index in [-0.39, 0.29) is 0 Å². The summed E-state index contributed by atoms with van der Waals surface area (Å²) in [6.45, 7) is 0. The van der Waals surface area contributed by atoms with Crippen LogP contribution in [0.2, 0.25) is 0 Å². The molecular weight excluding hydrogens is 581 g/mol. The molecule has 0 aliphatic rings. The van der Waals surface area contributed by atoms with Gasteiger partial charge in [0.15, 0.2) is 0 Å². The van der Waals surface area contributed by atoms with E-state index in [1.807, 2.05) is 0 Å². The minimum Gasteiger partial charge on any atom is -0.310 e. The molecule has 226 valence electrons. The average Bonchev–Trinajstić information content (AvgIpc) is 3.51. The fraction of sp³-hybridized carbons (Fsp3) is 0. The van der Waals surface area contributed by atoms with Crippen molar-refractivity contribution in [2.45, 2.75) is 0 Å². The lowest BCUT2D eigenvalue weighted by atomic mass is 10.0. The maximum absolute atomic E-state index is 2.39. The molecule has 0 aliphatic carbocycles. The molecule has 0 N–H and O–H groups in total. The summed E-state index contributed by atoms with van der Waals surface area (Å²) in [6.07, 6.45) is 0. The van der Waals surface area contributed by atoms with Gasteiger partial charge < -0.3 is 9.47 Å². The summed E-state index contributed by atoms with van der Waals surface area (Å²) < 4.78 is 2.39. The Morgan fingerprint density at radius 2 is 0.812 bits per heavy atom. The van der Waals surface area contributed by atoms with Crippen LogP contribution in [0, 0.1) is 0 Å². The van der Waals surface area contributed by atoms with E-state index in [1.54, 1.807) is 0 Å². The molecule has 9 rings (SSSR count). The number of fused-ring (bicyclic) bond motifs is 5. The normalized spacial score (nSPS) is 11.3. The zero-order valence-corrected chi connectivity index (χ0v) is 26.4. The van der Waals surface area contributed by atoms with Gasteiger partial charge in [-0.3, -0.25) is 0 Å². The lowest BCUT2D eigenvalue weighted by Gasteiger charge is -2.26. The molecule has 0 unspecified atom stereocenters. The van der Waals surface area contributed by atoms with Crippen molar-refractivity contribution in [3.63, 3.8) is 0 Å². The van der Waals surface area contributed by atoms with Gasteiger partial charge >= 0.3 is 0 Å². The highest BCUT2D eigenvalue weighted by molar-refractivity contribution is 6.22. The molecule has 0 spiro atoms. The van der Waals surface area contributed by atoms with Crippen molar-refractivity contribution >= 4 is 49.6 Å². The van der Waals surface area contributed by atoms with Crippen molar-refractivity contribution in [2.24, 2.45) is 0 Å². The highest BCUT2D eigenvalue weighted by atomic mass is 15.1. The van der Waals surface area contributed by atoms with Gasteiger partial charge in [-0.25, -0.2) is 0 Å². The number of nitrogens with zero attached hydrogens (tertiary/aromatic N) is 2. The molecule has 1 heterocycles. The van der Waals surface area contributed by atoms with Gasteiger partial charge in [0.05, 0.1) is 11.0 Å². The van der Waals surface area contributed by atoms with Crippen molar-refractivity contribution in [1.29, 1.82) is 0 Å². The summed E-state index contributed by atoms with van der Waals surface area (Å²) in [5.74, 6) is 0. The fourth-order valence-electron chi connectivity index (χ4n) is 7.08. The fourth-order valence-corrected chi connectivity index (χ4v) is 7.08. The SMILES string of the molecule is c1ccc(-c2ccc(N(c3ccc(-c4ccccc4)cc3)c3ccc4ccc5c(c4c3)c3ccccc3n5-c3ccccc3)cc2)cc1. The van der Waals surface area contributed by atoms with Gasteiger partial charge in [0, 0.05) is 33.5 Å². The Hall–Kier alpha value is -6.38. The van der Waals surface area contributed by atoms with Gasteiger partial charge in [0.1, 0.15) is 0 Å². The molecule has 2 nitrogen and oxygen atoms in total. The van der Waals surface area contributed by atoms with Crippen molar-refractivity contribution in [2.75, 3.05) is 4.90 Å². The quantitative estimate of drug-likeness (QED) is 0.181. The minimum atomic E-state index is 1.11. The Kier molecular flexibility index (Phi) is 6.84. The van der Waals surface area contributed by atoms with E-state index in [9.17, 15) is 0 Å². The molecule has 8 aromatic carbocycles. The minimum absolute atomic E-state index is 1.11. The van der Waals surface area contributed by atoms with E-state index in [4.69, 9.17) is 0 Å².